The average Bonchev–Trinajstić information content (AvgIpc) is 3.04. The number of fused-ring (bicyclic) bond motifs is 1. The van der Waals surface area contributed by atoms with E-state index in [4.69, 9.17) is 15.6 Å². The third kappa shape index (κ3) is 4.80. The minimum Gasteiger partial charge on any atom is -0.439 e. The van der Waals surface area contributed by atoms with Crippen molar-refractivity contribution in [3.05, 3.63) is 53.2 Å². The topological polar surface area (TPSA) is 97.5 Å². The van der Waals surface area contributed by atoms with Gasteiger partial charge in [-0.15, -0.1) is 0 Å². The monoisotopic (exact) mass is 355 g/mol. The van der Waals surface area contributed by atoms with Gasteiger partial charge in [-0.3, -0.25) is 4.79 Å². The van der Waals surface area contributed by atoms with Gasteiger partial charge in [-0.1, -0.05) is 6.07 Å². The SMILES string of the molecule is NC(=O)c1ccc(Oc2ccc3c(c2)CC(NCCCCCO)C3)nc1. The second-order valence-electron chi connectivity index (χ2n) is 6.63. The summed E-state index contributed by atoms with van der Waals surface area (Å²) in [5.41, 5.74) is 8.22. The Balaban J connectivity index is 1.54. The maximum Gasteiger partial charge on any atom is 0.250 e. The van der Waals surface area contributed by atoms with Gasteiger partial charge < -0.3 is 20.9 Å². The number of nitrogens with one attached hydrogen (secondary N) is 1. The molecule has 1 amide bonds. The van der Waals surface area contributed by atoms with E-state index in [9.17, 15) is 4.79 Å². The quantitative estimate of drug-likeness (QED) is 0.599. The van der Waals surface area contributed by atoms with E-state index in [0.29, 0.717) is 17.5 Å². The predicted molar refractivity (Wildman–Crippen MR) is 99.4 cm³/mol. The molecular formula is C20H25N3O3. The number of pyridine rings is 1. The van der Waals surface area contributed by atoms with Crippen molar-refractivity contribution in [3.63, 3.8) is 0 Å². The molecule has 3 rings (SSSR count). The van der Waals surface area contributed by atoms with Crippen LogP contribution in [0.15, 0.2) is 36.5 Å². The van der Waals surface area contributed by atoms with E-state index < -0.39 is 5.91 Å². The normalized spacial score (nSPS) is 15.7. The van der Waals surface area contributed by atoms with Crippen LogP contribution in [0.2, 0.25) is 0 Å². The summed E-state index contributed by atoms with van der Waals surface area (Å²) in [4.78, 5) is 15.2. The molecule has 2 aromatic rings. The minimum atomic E-state index is -0.503. The van der Waals surface area contributed by atoms with Crippen molar-refractivity contribution in [2.45, 2.75) is 38.1 Å². The lowest BCUT2D eigenvalue weighted by molar-refractivity contribution is 0.1000. The van der Waals surface area contributed by atoms with Crippen molar-refractivity contribution in [1.29, 1.82) is 0 Å². The number of aliphatic hydroxyl groups excluding tert-OH is 1. The third-order valence-electron chi connectivity index (χ3n) is 4.62. The largest absolute Gasteiger partial charge is 0.439 e. The highest BCUT2D eigenvalue weighted by Gasteiger charge is 2.21. The predicted octanol–water partition coefficient (Wildman–Crippen LogP) is 2.19. The van der Waals surface area contributed by atoms with Crippen molar-refractivity contribution in [3.8, 4) is 11.6 Å². The standard InChI is InChI=1S/C20H25N3O3/c21-20(25)15-5-7-19(23-13-15)26-18-6-4-14-10-17(11-16(14)12-18)22-8-2-1-3-9-24/h4-7,12-13,17,22,24H,1-3,8-11H2,(H2,21,25). The Morgan fingerprint density at radius 2 is 2.04 bits per heavy atom. The van der Waals surface area contributed by atoms with E-state index in [0.717, 1.165) is 44.4 Å². The van der Waals surface area contributed by atoms with Crippen molar-refractivity contribution in [1.82, 2.24) is 10.3 Å². The fraction of sp³-hybridized carbons (Fsp3) is 0.400. The van der Waals surface area contributed by atoms with Crippen molar-refractivity contribution >= 4 is 5.91 Å². The van der Waals surface area contributed by atoms with Crippen LogP contribution < -0.4 is 15.8 Å². The Morgan fingerprint density at radius 3 is 2.77 bits per heavy atom. The summed E-state index contributed by atoms with van der Waals surface area (Å²) in [6, 6.07) is 9.83. The van der Waals surface area contributed by atoms with Gasteiger partial charge in [0.25, 0.3) is 0 Å². The number of aliphatic hydroxyl groups is 1. The van der Waals surface area contributed by atoms with Crippen LogP contribution in [0.1, 0.15) is 40.7 Å². The lowest BCUT2D eigenvalue weighted by Crippen LogP contribution is -2.30. The summed E-state index contributed by atoms with van der Waals surface area (Å²) in [5, 5.41) is 12.4. The third-order valence-corrected chi connectivity index (χ3v) is 4.62. The molecule has 1 atom stereocenters. The first kappa shape index (κ1) is 18.4. The molecule has 6 heteroatoms. The molecule has 0 saturated carbocycles. The van der Waals surface area contributed by atoms with Gasteiger partial charge in [0.2, 0.25) is 11.8 Å². The molecule has 1 unspecified atom stereocenters. The molecule has 1 aromatic heterocycles. The molecule has 1 aromatic carbocycles. The van der Waals surface area contributed by atoms with Crippen LogP contribution in [0.4, 0.5) is 0 Å². The van der Waals surface area contributed by atoms with Gasteiger partial charge in [-0.05, 0) is 68.0 Å². The summed E-state index contributed by atoms with van der Waals surface area (Å²) < 4.78 is 5.79. The molecule has 4 N–H and O–H groups in total. The average molecular weight is 355 g/mol. The number of hydrogen-bond acceptors (Lipinski definition) is 5. The number of nitrogens with zero attached hydrogens (tertiary/aromatic N) is 1. The smallest absolute Gasteiger partial charge is 0.250 e. The molecule has 0 saturated heterocycles. The molecular weight excluding hydrogens is 330 g/mol. The maximum atomic E-state index is 11.1. The molecule has 6 nitrogen and oxygen atoms in total. The number of amides is 1. The number of ether oxygens (including phenoxy) is 1. The minimum absolute atomic E-state index is 0.276. The fourth-order valence-electron chi connectivity index (χ4n) is 3.23. The molecule has 0 aliphatic heterocycles. The van der Waals surface area contributed by atoms with Crippen LogP contribution in [-0.4, -0.2) is 35.2 Å². The van der Waals surface area contributed by atoms with Gasteiger partial charge in [0.05, 0.1) is 5.56 Å². The zero-order chi connectivity index (χ0) is 18.4. The fourth-order valence-corrected chi connectivity index (χ4v) is 3.23. The number of benzene rings is 1. The molecule has 1 heterocycles. The van der Waals surface area contributed by atoms with E-state index in [1.807, 2.05) is 6.07 Å². The molecule has 0 fully saturated rings. The number of unbranched alkanes of at least 4 members (excludes halogenated alkanes) is 2. The van der Waals surface area contributed by atoms with Crippen LogP contribution in [0.25, 0.3) is 0 Å². The van der Waals surface area contributed by atoms with Gasteiger partial charge in [0.1, 0.15) is 5.75 Å². The van der Waals surface area contributed by atoms with E-state index in [1.54, 1.807) is 12.1 Å². The first-order valence-electron chi connectivity index (χ1n) is 9.05. The molecule has 1 aliphatic rings. The second-order valence-corrected chi connectivity index (χ2v) is 6.63. The Labute approximate surface area is 153 Å². The van der Waals surface area contributed by atoms with Crippen LogP contribution in [0, 0.1) is 0 Å². The Hall–Kier alpha value is -2.44. The van der Waals surface area contributed by atoms with Gasteiger partial charge in [0, 0.05) is 24.9 Å². The highest BCUT2D eigenvalue weighted by atomic mass is 16.5. The number of aromatic nitrogens is 1. The number of carbonyl (C=O) groups excluding carboxylic acids is 1. The summed E-state index contributed by atoms with van der Waals surface area (Å²) in [6.45, 7) is 1.26. The van der Waals surface area contributed by atoms with Crippen molar-refractivity contribution < 1.29 is 14.6 Å². The van der Waals surface area contributed by atoms with E-state index >= 15 is 0 Å². The Bertz CT molecular complexity index is 746. The number of primary amides is 1. The number of rotatable bonds is 9. The molecule has 138 valence electrons. The zero-order valence-electron chi connectivity index (χ0n) is 14.8. The van der Waals surface area contributed by atoms with E-state index in [2.05, 4.69) is 22.4 Å². The van der Waals surface area contributed by atoms with Crippen LogP contribution in [-0.2, 0) is 12.8 Å². The number of hydrogen-bond donors (Lipinski definition) is 3. The summed E-state index contributed by atoms with van der Waals surface area (Å²) in [7, 11) is 0. The van der Waals surface area contributed by atoms with Gasteiger partial charge >= 0.3 is 0 Å². The van der Waals surface area contributed by atoms with E-state index in [-0.39, 0.29) is 6.61 Å². The maximum absolute atomic E-state index is 11.1. The highest BCUT2D eigenvalue weighted by molar-refractivity contribution is 5.92. The first-order chi connectivity index (χ1) is 12.7. The molecule has 1 aliphatic carbocycles. The van der Waals surface area contributed by atoms with Gasteiger partial charge in [0.15, 0.2) is 0 Å². The summed E-state index contributed by atoms with van der Waals surface area (Å²) in [5.74, 6) is 0.676. The van der Waals surface area contributed by atoms with Gasteiger partial charge in [-0.25, -0.2) is 4.98 Å². The van der Waals surface area contributed by atoms with Gasteiger partial charge in [-0.2, -0.15) is 0 Å². The lowest BCUT2D eigenvalue weighted by atomic mass is 10.1. The summed E-state index contributed by atoms with van der Waals surface area (Å²) >= 11 is 0. The second kappa shape index (κ2) is 8.78. The van der Waals surface area contributed by atoms with Crippen molar-refractivity contribution in [2.75, 3.05) is 13.2 Å². The van der Waals surface area contributed by atoms with Crippen LogP contribution in [0.5, 0.6) is 11.6 Å². The molecule has 0 spiro atoms. The van der Waals surface area contributed by atoms with Crippen LogP contribution >= 0.6 is 0 Å². The van der Waals surface area contributed by atoms with Crippen LogP contribution in [0.3, 0.4) is 0 Å². The first-order valence-corrected chi connectivity index (χ1v) is 9.05. The molecule has 0 bridgehead atoms. The Kier molecular flexibility index (Phi) is 6.20. The van der Waals surface area contributed by atoms with Crippen molar-refractivity contribution in [2.24, 2.45) is 5.73 Å². The molecule has 26 heavy (non-hydrogen) atoms. The highest BCUT2D eigenvalue weighted by Crippen LogP contribution is 2.28. The zero-order valence-corrected chi connectivity index (χ0v) is 14.8. The van der Waals surface area contributed by atoms with E-state index in [1.165, 1.54) is 17.3 Å². The number of nitrogens with two attached hydrogens (primary N) is 1. The molecule has 0 radical (unpaired) electrons. The lowest BCUT2D eigenvalue weighted by Gasteiger charge is -2.11. The summed E-state index contributed by atoms with van der Waals surface area (Å²) in [6.07, 6.45) is 6.46. The number of carbonyl (C=O) groups is 1. The Morgan fingerprint density at radius 1 is 1.19 bits per heavy atom.